The number of aliphatic hydroxyl groups is 2. The van der Waals surface area contributed by atoms with Crippen molar-refractivity contribution in [1.29, 1.82) is 0 Å². The summed E-state index contributed by atoms with van der Waals surface area (Å²) < 4.78 is 6.38. The predicted octanol–water partition coefficient (Wildman–Crippen LogP) is 4.45. The molecule has 128 valence electrons. The summed E-state index contributed by atoms with van der Waals surface area (Å²) in [7, 11) is 0. The molecule has 0 amide bonds. The minimum absolute atomic E-state index is 0.288. The van der Waals surface area contributed by atoms with E-state index in [4.69, 9.17) is 14.9 Å². The van der Waals surface area contributed by atoms with E-state index in [1.807, 2.05) is 0 Å². The fourth-order valence-corrected chi connectivity index (χ4v) is 2.66. The standard InChI is InChI=1S/C18H38O3/c1-3-5-11-17(13-7-9-15-19)21-18(12-6-4-2)14-8-10-16-20/h17-20H,3-16H2,1-2H3. The van der Waals surface area contributed by atoms with Gasteiger partial charge in [-0.05, 0) is 51.4 Å². The molecule has 0 aromatic carbocycles. The molecule has 0 heterocycles. The third-order valence-electron chi connectivity index (χ3n) is 4.01. The first-order valence-corrected chi connectivity index (χ1v) is 9.15. The van der Waals surface area contributed by atoms with Crippen molar-refractivity contribution in [3.05, 3.63) is 0 Å². The van der Waals surface area contributed by atoms with Crippen molar-refractivity contribution in [2.45, 2.75) is 103 Å². The van der Waals surface area contributed by atoms with Gasteiger partial charge in [-0.15, -0.1) is 0 Å². The van der Waals surface area contributed by atoms with E-state index in [0.717, 1.165) is 51.4 Å². The van der Waals surface area contributed by atoms with Crippen LogP contribution in [0.4, 0.5) is 0 Å². The summed E-state index contributed by atoms with van der Waals surface area (Å²) in [5, 5.41) is 17.9. The monoisotopic (exact) mass is 302 g/mol. The summed E-state index contributed by atoms with van der Waals surface area (Å²) in [6.07, 6.45) is 13.9. The summed E-state index contributed by atoms with van der Waals surface area (Å²) in [4.78, 5) is 0. The van der Waals surface area contributed by atoms with Crippen LogP contribution in [-0.2, 0) is 4.74 Å². The lowest BCUT2D eigenvalue weighted by Crippen LogP contribution is -2.23. The van der Waals surface area contributed by atoms with E-state index in [1.165, 1.54) is 25.7 Å². The van der Waals surface area contributed by atoms with Crippen LogP contribution < -0.4 is 0 Å². The van der Waals surface area contributed by atoms with Gasteiger partial charge in [0.25, 0.3) is 0 Å². The Morgan fingerprint density at radius 2 is 1.00 bits per heavy atom. The van der Waals surface area contributed by atoms with Crippen LogP contribution in [0.2, 0.25) is 0 Å². The highest BCUT2D eigenvalue weighted by molar-refractivity contribution is 4.66. The van der Waals surface area contributed by atoms with E-state index in [2.05, 4.69) is 13.8 Å². The summed E-state index contributed by atoms with van der Waals surface area (Å²) in [6.45, 7) is 5.02. The second-order valence-corrected chi connectivity index (χ2v) is 6.10. The number of ether oxygens (including phenoxy) is 1. The largest absolute Gasteiger partial charge is 0.396 e. The molecule has 0 aliphatic carbocycles. The Bertz CT molecular complexity index is 177. The van der Waals surface area contributed by atoms with Gasteiger partial charge < -0.3 is 14.9 Å². The van der Waals surface area contributed by atoms with Gasteiger partial charge in [-0.2, -0.15) is 0 Å². The van der Waals surface area contributed by atoms with E-state index >= 15 is 0 Å². The van der Waals surface area contributed by atoms with Gasteiger partial charge in [-0.25, -0.2) is 0 Å². The molecule has 0 fully saturated rings. The van der Waals surface area contributed by atoms with Crippen LogP contribution in [0.5, 0.6) is 0 Å². The van der Waals surface area contributed by atoms with Crippen LogP contribution in [0.3, 0.4) is 0 Å². The first-order chi connectivity index (χ1) is 10.3. The van der Waals surface area contributed by atoms with Gasteiger partial charge in [-0.1, -0.05) is 39.5 Å². The van der Waals surface area contributed by atoms with Crippen LogP contribution in [0, 0.1) is 0 Å². The third-order valence-corrected chi connectivity index (χ3v) is 4.01. The van der Waals surface area contributed by atoms with E-state index in [1.54, 1.807) is 0 Å². The smallest absolute Gasteiger partial charge is 0.0579 e. The molecule has 0 aromatic heterocycles. The van der Waals surface area contributed by atoms with Gasteiger partial charge in [0, 0.05) is 13.2 Å². The molecule has 2 atom stereocenters. The highest BCUT2D eigenvalue weighted by Crippen LogP contribution is 2.20. The summed E-state index contributed by atoms with van der Waals surface area (Å²) in [5.74, 6) is 0. The summed E-state index contributed by atoms with van der Waals surface area (Å²) in [5.41, 5.74) is 0. The van der Waals surface area contributed by atoms with E-state index in [-0.39, 0.29) is 13.2 Å². The lowest BCUT2D eigenvalue weighted by molar-refractivity contribution is -0.0326. The lowest BCUT2D eigenvalue weighted by atomic mass is 10.0. The van der Waals surface area contributed by atoms with E-state index < -0.39 is 0 Å². The minimum atomic E-state index is 0.288. The van der Waals surface area contributed by atoms with E-state index in [0.29, 0.717) is 12.2 Å². The summed E-state index contributed by atoms with van der Waals surface area (Å²) >= 11 is 0. The molecule has 2 N–H and O–H groups in total. The van der Waals surface area contributed by atoms with E-state index in [9.17, 15) is 0 Å². The van der Waals surface area contributed by atoms with Gasteiger partial charge >= 0.3 is 0 Å². The average Bonchev–Trinajstić information content (AvgIpc) is 2.50. The molecule has 3 heteroatoms. The molecule has 2 unspecified atom stereocenters. The molecule has 3 nitrogen and oxygen atoms in total. The van der Waals surface area contributed by atoms with Crippen LogP contribution in [-0.4, -0.2) is 35.6 Å². The molecule has 0 bridgehead atoms. The second kappa shape index (κ2) is 16.3. The maximum absolute atomic E-state index is 8.93. The maximum Gasteiger partial charge on any atom is 0.0579 e. The topological polar surface area (TPSA) is 49.7 Å². The second-order valence-electron chi connectivity index (χ2n) is 6.10. The molecule has 0 aliphatic rings. The molecule has 0 spiro atoms. The SMILES string of the molecule is CCCCC(CCCCO)OC(CCCC)CCCCO. The first kappa shape index (κ1) is 20.9. The molecule has 0 aromatic rings. The van der Waals surface area contributed by atoms with Crippen molar-refractivity contribution < 1.29 is 14.9 Å². The van der Waals surface area contributed by atoms with Crippen molar-refractivity contribution >= 4 is 0 Å². The van der Waals surface area contributed by atoms with Crippen molar-refractivity contribution in [1.82, 2.24) is 0 Å². The van der Waals surface area contributed by atoms with Gasteiger partial charge in [0.05, 0.1) is 12.2 Å². The zero-order valence-electron chi connectivity index (χ0n) is 14.4. The fraction of sp³-hybridized carbons (Fsp3) is 1.00. The Kier molecular flexibility index (Phi) is 16.2. The van der Waals surface area contributed by atoms with Crippen LogP contribution in [0.1, 0.15) is 90.9 Å². The molecule has 0 saturated heterocycles. The molecule has 0 saturated carbocycles. The number of hydrogen-bond donors (Lipinski definition) is 2. The van der Waals surface area contributed by atoms with Crippen LogP contribution in [0.15, 0.2) is 0 Å². The van der Waals surface area contributed by atoms with Crippen molar-refractivity contribution in [3.8, 4) is 0 Å². The molecule has 21 heavy (non-hydrogen) atoms. The predicted molar refractivity (Wildman–Crippen MR) is 89.6 cm³/mol. The van der Waals surface area contributed by atoms with Gasteiger partial charge in [0.2, 0.25) is 0 Å². The van der Waals surface area contributed by atoms with Crippen molar-refractivity contribution in [2.75, 3.05) is 13.2 Å². The molecular weight excluding hydrogens is 264 g/mol. The Hall–Kier alpha value is -0.120. The summed E-state index contributed by atoms with van der Waals surface area (Å²) in [6, 6.07) is 0. The van der Waals surface area contributed by atoms with Crippen molar-refractivity contribution in [2.24, 2.45) is 0 Å². The molecular formula is C18H38O3. The minimum Gasteiger partial charge on any atom is -0.396 e. The Morgan fingerprint density at radius 3 is 1.33 bits per heavy atom. The van der Waals surface area contributed by atoms with Crippen molar-refractivity contribution in [3.63, 3.8) is 0 Å². The quantitative estimate of drug-likeness (QED) is 0.414. The maximum atomic E-state index is 8.93. The Morgan fingerprint density at radius 1 is 0.619 bits per heavy atom. The van der Waals surface area contributed by atoms with Gasteiger partial charge in [0.15, 0.2) is 0 Å². The number of aliphatic hydroxyl groups excluding tert-OH is 2. The molecule has 0 radical (unpaired) electrons. The normalized spacial score (nSPS) is 14.3. The van der Waals surface area contributed by atoms with Gasteiger partial charge in [-0.3, -0.25) is 0 Å². The van der Waals surface area contributed by atoms with Gasteiger partial charge in [0.1, 0.15) is 0 Å². The third kappa shape index (κ3) is 13.3. The van der Waals surface area contributed by atoms with Crippen LogP contribution >= 0.6 is 0 Å². The number of hydrogen-bond acceptors (Lipinski definition) is 3. The zero-order valence-corrected chi connectivity index (χ0v) is 14.4. The Balaban J connectivity index is 4.22. The Labute approximate surface area is 132 Å². The highest BCUT2D eigenvalue weighted by atomic mass is 16.5. The first-order valence-electron chi connectivity index (χ1n) is 9.15. The number of unbranched alkanes of at least 4 members (excludes halogenated alkanes) is 4. The van der Waals surface area contributed by atoms with Crippen LogP contribution in [0.25, 0.3) is 0 Å². The zero-order chi connectivity index (χ0) is 15.8. The lowest BCUT2D eigenvalue weighted by Gasteiger charge is -2.25. The fourth-order valence-electron chi connectivity index (χ4n) is 2.66. The highest BCUT2D eigenvalue weighted by Gasteiger charge is 2.16. The average molecular weight is 302 g/mol. The molecule has 0 rings (SSSR count). The molecule has 0 aliphatic heterocycles. The number of rotatable bonds is 16.